The van der Waals surface area contributed by atoms with Gasteiger partial charge >= 0.3 is 17.9 Å². The topological polar surface area (TPSA) is 149 Å². The first-order valence-corrected chi connectivity index (χ1v) is 13.7. The number of ether oxygens (including phenoxy) is 6. The molecule has 1 aromatic heterocycles. The average molecular weight is 587 g/mol. The maximum atomic E-state index is 13.4. The van der Waals surface area contributed by atoms with Crippen molar-refractivity contribution in [3.63, 3.8) is 0 Å². The Morgan fingerprint density at radius 1 is 1.07 bits per heavy atom. The largest absolute Gasteiger partial charge is 0.493 e. The minimum Gasteiger partial charge on any atom is -0.493 e. The van der Waals surface area contributed by atoms with Gasteiger partial charge in [0.05, 0.1) is 19.1 Å². The van der Waals surface area contributed by atoms with E-state index in [9.17, 15) is 19.2 Å². The van der Waals surface area contributed by atoms with Crippen molar-refractivity contribution >= 4 is 23.8 Å². The molecule has 0 saturated carbocycles. The van der Waals surface area contributed by atoms with Gasteiger partial charge in [-0.15, -0.1) is 0 Å². The third kappa shape index (κ3) is 8.65. The monoisotopic (exact) mass is 586 g/mol. The van der Waals surface area contributed by atoms with E-state index in [1.54, 1.807) is 13.8 Å². The number of nitrogens with zero attached hydrogens (tertiary/aromatic N) is 1. The highest BCUT2D eigenvalue weighted by Gasteiger charge is 2.42. The number of cyclic esters (lactones) is 2. The molecule has 12 nitrogen and oxygen atoms in total. The molecular formula is C30H38N2O10. The predicted octanol–water partition coefficient (Wildman–Crippen LogP) is 2.87. The second kappa shape index (κ2) is 15.2. The molecule has 1 aliphatic rings. The normalized spacial score (nSPS) is 21.0. The van der Waals surface area contributed by atoms with Gasteiger partial charge in [-0.3, -0.25) is 14.4 Å². The number of esters is 3. The molecule has 1 aromatic carbocycles. The number of hydrogen-bond donors (Lipinski definition) is 1. The summed E-state index contributed by atoms with van der Waals surface area (Å²) in [5.74, 6) is -4.20. The van der Waals surface area contributed by atoms with Gasteiger partial charge in [0, 0.05) is 12.3 Å². The lowest BCUT2D eigenvalue weighted by Crippen LogP contribution is -2.47. The zero-order valence-corrected chi connectivity index (χ0v) is 24.7. The maximum Gasteiger partial charge on any atom is 0.332 e. The highest BCUT2D eigenvalue weighted by molar-refractivity contribution is 5.98. The molecule has 4 atom stereocenters. The summed E-state index contributed by atoms with van der Waals surface area (Å²) in [7, 11) is 1.40. The molecule has 2 aromatic rings. The van der Waals surface area contributed by atoms with Crippen molar-refractivity contribution in [2.24, 2.45) is 11.8 Å². The van der Waals surface area contributed by atoms with Crippen LogP contribution in [-0.2, 0) is 39.8 Å². The summed E-state index contributed by atoms with van der Waals surface area (Å²) >= 11 is 0. The lowest BCUT2D eigenvalue weighted by molar-refractivity contribution is -0.176. The van der Waals surface area contributed by atoms with Crippen molar-refractivity contribution in [2.75, 3.05) is 20.5 Å². The number of nitrogens with one attached hydrogen (secondary N) is 1. The van der Waals surface area contributed by atoms with Gasteiger partial charge in [-0.1, -0.05) is 44.2 Å². The summed E-state index contributed by atoms with van der Waals surface area (Å²) in [6.45, 7) is 7.77. The molecule has 228 valence electrons. The van der Waals surface area contributed by atoms with Crippen LogP contribution in [0.1, 0.15) is 50.7 Å². The van der Waals surface area contributed by atoms with Crippen LogP contribution in [0.25, 0.3) is 0 Å². The zero-order chi connectivity index (χ0) is 30.8. The smallest absolute Gasteiger partial charge is 0.332 e. The first-order valence-electron chi connectivity index (χ1n) is 13.7. The number of hydrogen-bond acceptors (Lipinski definition) is 11. The summed E-state index contributed by atoms with van der Waals surface area (Å²) in [5.41, 5.74) is 0.616. The summed E-state index contributed by atoms with van der Waals surface area (Å²) in [6, 6.07) is 9.24. The van der Waals surface area contributed by atoms with Gasteiger partial charge in [-0.2, -0.15) is 0 Å². The van der Waals surface area contributed by atoms with Crippen LogP contribution in [0.5, 0.6) is 11.5 Å². The molecule has 1 amide bonds. The van der Waals surface area contributed by atoms with Crippen LogP contribution in [0.4, 0.5) is 0 Å². The van der Waals surface area contributed by atoms with E-state index in [1.807, 2.05) is 44.2 Å². The minimum atomic E-state index is -1.39. The highest BCUT2D eigenvalue weighted by atomic mass is 16.7. The summed E-state index contributed by atoms with van der Waals surface area (Å²) in [4.78, 5) is 56.6. The molecule has 0 aliphatic carbocycles. The van der Waals surface area contributed by atoms with Crippen LogP contribution in [0.15, 0.2) is 42.6 Å². The number of amides is 1. The molecule has 42 heavy (non-hydrogen) atoms. The SMILES string of the molecule is COc1ccnc(C(=O)NC2COC(=O)C(Cc3ccccc3)C(OC(=O)C(C)C)C(C)OC2=O)c1OCOC(C)C. The summed E-state index contributed by atoms with van der Waals surface area (Å²) in [6.07, 6.45) is -0.797. The molecule has 12 heteroatoms. The predicted molar refractivity (Wildman–Crippen MR) is 149 cm³/mol. The first-order chi connectivity index (χ1) is 20.0. The van der Waals surface area contributed by atoms with Crippen molar-refractivity contribution in [1.29, 1.82) is 0 Å². The van der Waals surface area contributed by atoms with Gasteiger partial charge in [-0.05, 0) is 32.8 Å². The first kappa shape index (κ1) is 32.3. The molecule has 0 spiro atoms. The second-order valence-electron chi connectivity index (χ2n) is 10.3. The van der Waals surface area contributed by atoms with E-state index >= 15 is 0 Å². The Labute approximate surface area is 245 Å². The van der Waals surface area contributed by atoms with Crippen molar-refractivity contribution < 1.29 is 47.6 Å². The van der Waals surface area contributed by atoms with Gasteiger partial charge in [-0.25, -0.2) is 9.78 Å². The number of rotatable bonds is 11. The van der Waals surface area contributed by atoms with E-state index in [4.69, 9.17) is 28.4 Å². The standard InChI is InChI=1S/C30H38N2O10/c1-17(2)28(34)42-25-19(5)41-30(36)22(15-38-29(35)21(25)14-20-10-8-7-9-11-20)32-27(33)24-26(40-16-39-18(3)4)23(37-6)12-13-31-24/h7-13,17-19,21-22,25H,14-16H2,1-6H3,(H,32,33). The van der Waals surface area contributed by atoms with Gasteiger partial charge in [0.1, 0.15) is 18.6 Å². The van der Waals surface area contributed by atoms with E-state index in [-0.39, 0.29) is 36.5 Å². The third-order valence-electron chi connectivity index (χ3n) is 6.38. The minimum absolute atomic E-state index is 0.00327. The number of carbonyl (C=O) groups excluding carboxylic acids is 4. The lowest BCUT2D eigenvalue weighted by Gasteiger charge is -2.29. The Morgan fingerprint density at radius 2 is 1.79 bits per heavy atom. The number of benzene rings is 1. The fraction of sp³-hybridized carbons (Fsp3) is 0.500. The van der Waals surface area contributed by atoms with Crippen LogP contribution in [0.3, 0.4) is 0 Å². The Balaban J connectivity index is 1.86. The molecule has 1 aliphatic heterocycles. The summed E-state index contributed by atoms with van der Waals surface area (Å²) < 4.78 is 33.2. The van der Waals surface area contributed by atoms with Gasteiger partial charge in [0.15, 0.2) is 36.1 Å². The van der Waals surface area contributed by atoms with Gasteiger partial charge in [0.2, 0.25) is 0 Å². The van der Waals surface area contributed by atoms with E-state index in [0.717, 1.165) is 5.56 Å². The van der Waals surface area contributed by atoms with Crippen LogP contribution in [0, 0.1) is 11.8 Å². The van der Waals surface area contributed by atoms with Gasteiger partial charge < -0.3 is 33.7 Å². The third-order valence-corrected chi connectivity index (χ3v) is 6.38. The van der Waals surface area contributed by atoms with E-state index < -0.39 is 60.5 Å². The number of methoxy groups -OCH3 is 1. The maximum absolute atomic E-state index is 13.4. The molecule has 0 bridgehead atoms. The molecule has 4 unspecified atom stereocenters. The Morgan fingerprint density at radius 3 is 2.43 bits per heavy atom. The molecule has 3 rings (SSSR count). The van der Waals surface area contributed by atoms with Crippen LogP contribution < -0.4 is 14.8 Å². The fourth-order valence-electron chi connectivity index (χ4n) is 4.10. The Bertz CT molecular complexity index is 1230. The van der Waals surface area contributed by atoms with Crippen LogP contribution >= 0.6 is 0 Å². The molecule has 1 saturated heterocycles. The zero-order valence-electron chi connectivity index (χ0n) is 24.7. The van der Waals surface area contributed by atoms with Crippen molar-refractivity contribution in [1.82, 2.24) is 10.3 Å². The Hall–Kier alpha value is -4.19. The number of carbonyl (C=O) groups is 4. The fourth-order valence-corrected chi connectivity index (χ4v) is 4.10. The van der Waals surface area contributed by atoms with E-state index in [2.05, 4.69) is 10.3 Å². The van der Waals surface area contributed by atoms with E-state index in [0.29, 0.717) is 0 Å². The Kier molecular flexibility index (Phi) is 11.7. The molecular weight excluding hydrogens is 548 g/mol. The quantitative estimate of drug-likeness (QED) is 0.235. The molecule has 2 heterocycles. The summed E-state index contributed by atoms with van der Waals surface area (Å²) in [5, 5.41) is 2.51. The molecule has 1 fully saturated rings. The second-order valence-corrected chi connectivity index (χ2v) is 10.3. The van der Waals surface area contributed by atoms with E-state index in [1.165, 1.54) is 26.3 Å². The van der Waals surface area contributed by atoms with Crippen LogP contribution in [0.2, 0.25) is 0 Å². The number of pyridine rings is 1. The molecule has 1 N–H and O–H groups in total. The van der Waals surface area contributed by atoms with Gasteiger partial charge in [0.25, 0.3) is 5.91 Å². The molecule has 0 radical (unpaired) electrons. The van der Waals surface area contributed by atoms with Crippen molar-refractivity contribution in [3.8, 4) is 11.5 Å². The van der Waals surface area contributed by atoms with Crippen molar-refractivity contribution in [2.45, 2.75) is 65.4 Å². The van der Waals surface area contributed by atoms with Crippen molar-refractivity contribution in [3.05, 3.63) is 53.9 Å². The average Bonchev–Trinajstić information content (AvgIpc) is 2.99. The number of aromatic nitrogens is 1. The highest BCUT2D eigenvalue weighted by Crippen LogP contribution is 2.30. The lowest BCUT2D eigenvalue weighted by atomic mass is 9.91. The van der Waals surface area contributed by atoms with Crippen LogP contribution in [-0.4, -0.2) is 73.7 Å².